The minimum absolute atomic E-state index is 0.101. The third kappa shape index (κ3) is 6.36. The molecule has 6 unspecified atom stereocenters. The van der Waals surface area contributed by atoms with Gasteiger partial charge in [0.05, 0.1) is 48.1 Å². The fraction of sp³-hybridized carbons (Fsp3) is 0.348. The van der Waals surface area contributed by atoms with E-state index in [0.717, 1.165) is 30.2 Å². The van der Waals surface area contributed by atoms with Crippen LogP contribution in [-0.4, -0.2) is 76.9 Å². The SMILES string of the molecule is COc1ccc(C23C(=O)N(Nc4ccc(Cl)cc4Cl)C(=O)C2CC2C(=CCC4C(=O)N(C5CCN(Cc6ccccc6)CC5)C(=O)C42)C3c2cc(OC)ccc2O)cc1. The van der Waals surface area contributed by atoms with Crippen molar-refractivity contribution in [2.75, 3.05) is 32.7 Å². The van der Waals surface area contributed by atoms with Gasteiger partial charge in [-0.05, 0) is 91.3 Å². The molecule has 3 saturated heterocycles. The van der Waals surface area contributed by atoms with Crippen molar-refractivity contribution >= 4 is 52.5 Å². The van der Waals surface area contributed by atoms with E-state index >= 15 is 9.59 Å². The van der Waals surface area contributed by atoms with E-state index < -0.39 is 46.8 Å². The molecule has 0 spiro atoms. The van der Waals surface area contributed by atoms with Crippen LogP contribution >= 0.6 is 23.2 Å². The molecular formula is C46H44Cl2N4O7. The van der Waals surface area contributed by atoms with Crippen LogP contribution < -0.4 is 14.9 Å². The summed E-state index contributed by atoms with van der Waals surface area (Å²) in [5.74, 6) is -4.53. The number of carbonyl (C=O) groups is 4. The minimum atomic E-state index is -1.62. The van der Waals surface area contributed by atoms with Crippen LogP contribution in [0.3, 0.4) is 0 Å². The number of nitrogens with zero attached hydrogens (tertiary/aromatic N) is 3. The topological polar surface area (TPSA) is 129 Å². The van der Waals surface area contributed by atoms with E-state index in [9.17, 15) is 14.7 Å². The van der Waals surface area contributed by atoms with Gasteiger partial charge in [-0.1, -0.05) is 77.3 Å². The van der Waals surface area contributed by atoms with E-state index in [1.54, 1.807) is 55.6 Å². The molecule has 0 aromatic heterocycles. The number of anilines is 1. The van der Waals surface area contributed by atoms with Gasteiger partial charge in [-0.25, -0.2) is 0 Å². The van der Waals surface area contributed by atoms with Gasteiger partial charge < -0.3 is 14.6 Å². The number of methoxy groups -OCH3 is 2. The lowest BCUT2D eigenvalue weighted by Crippen LogP contribution is -2.53. The van der Waals surface area contributed by atoms with Crippen molar-refractivity contribution in [2.24, 2.45) is 23.7 Å². The number of aromatic hydroxyl groups is 1. The van der Waals surface area contributed by atoms with Crippen LogP contribution in [0.1, 0.15) is 48.3 Å². The molecule has 4 amide bonds. The Kier molecular flexibility index (Phi) is 10.2. The maximum Gasteiger partial charge on any atom is 0.260 e. The summed E-state index contributed by atoms with van der Waals surface area (Å²) in [5.41, 5.74) is 4.52. The number of rotatable bonds is 9. The highest BCUT2D eigenvalue weighted by molar-refractivity contribution is 6.36. The number of amides is 4. The van der Waals surface area contributed by atoms with Crippen molar-refractivity contribution in [3.05, 3.63) is 129 Å². The first kappa shape index (κ1) is 39.1. The number of carbonyl (C=O) groups excluding carboxylic acids is 4. The molecule has 1 saturated carbocycles. The monoisotopic (exact) mass is 834 g/mol. The fourth-order valence-corrected chi connectivity index (χ4v) is 11.1. The van der Waals surface area contributed by atoms with Crippen molar-refractivity contribution in [1.29, 1.82) is 0 Å². The van der Waals surface area contributed by atoms with Gasteiger partial charge in [0.15, 0.2) is 0 Å². The molecule has 3 heterocycles. The number of benzene rings is 4. The predicted octanol–water partition coefficient (Wildman–Crippen LogP) is 7.37. The van der Waals surface area contributed by atoms with Gasteiger partial charge >= 0.3 is 0 Å². The Hall–Kier alpha value is -5.36. The predicted molar refractivity (Wildman–Crippen MR) is 222 cm³/mol. The van der Waals surface area contributed by atoms with Crippen molar-refractivity contribution in [1.82, 2.24) is 14.8 Å². The number of hydrogen-bond donors (Lipinski definition) is 2. The zero-order valence-electron chi connectivity index (χ0n) is 32.6. The molecule has 4 aromatic rings. The molecule has 0 radical (unpaired) electrons. The van der Waals surface area contributed by atoms with E-state index in [4.69, 9.17) is 32.7 Å². The fourth-order valence-electron chi connectivity index (χ4n) is 10.6. The lowest BCUT2D eigenvalue weighted by atomic mass is 9.49. The Balaban J connectivity index is 1.14. The normalized spacial score (nSPS) is 27.0. The largest absolute Gasteiger partial charge is 0.508 e. The molecule has 13 heteroatoms. The highest BCUT2D eigenvalue weighted by atomic mass is 35.5. The molecule has 59 heavy (non-hydrogen) atoms. The number of likely N-dealkylation sites (tertiary alicyclic amines) is 2. The Morgan fingerprint density at radius 1 is 0.814 bits per heavy atom. The van der Waals surface area contributed by atoms with Gasteiger partial charge in [-0.3, -0.25) is 34.4 Å². The highest BCUT2D eigenvalue weighted by Crippen LogP contribution is 2.65. The average Bonchev–Trinajstić information content (AvgIpc) is 3.63. The first-order valence-electron chi connectivity index (χ1n) is 20.0. The molecule has 304 valence electrons. The second-order valence-corrected chi connectivity index (χ2v) is 17.0. The van der Waals surface area contributed by atoms with Gasteiger partial charge in [0, 0.05) is 42.2 Å². The zero-order valence-corrected chi connectivity index (χ0v) is 34.2. The first-order chi connectivity index (χ1) is 28.5. The van der Waals surface area contributed by atoms with E-state index in [1.165, 1.54) is 29.7 Å². The summed E-state index contributed by atoms with van der Waals surface area (Å²) in [7, 11) is 3.06. The van der Waals surface area contributed by atoms with Gasteiger partial charge in [-0.2, -0.15) is 5.01 Å². The third-order valence-corrected chi connectivity index (χ3v) is 13.9. The minimum Gasteiger partial charge on any atom is -0.508 e. The number of nitrogens with one attached hydrogen (secondary N) is 1. The summed E-state index contributed by atoms with van der Waals surface area (Å²) in [6, 6.07) is 26.6. The van der Waals surface area contributed by atoms with Gasteiger partial charge in [-0.15, -0.1) is 0 Å². The van der Waals surface area contributed by atoms with E-state index in [0.29, 0.717) is 46.2 Å². The molecule has 4 fully saturated rings. The summed E-state index contributed by atoms with van der Waals surface area (Å²) < 4.78 is 11.2. The molecule has 0 bridgehead atoms. The molecule has 3 aliphatic heterocycles. The third-order valence-electron chi connectivity index (χ3n) is 13.3. The van der Waals surface area contributed by atoms with Crippen LogP contribution in [-0.2, 0) is 31.1 Å². The van der Waals surface area contributed by atoms with Gasteiger partial charge in [0.1, 0.15) is 17.2 Å². The number of phenols is 1. The standard InChI is InChI=1S/C46H44Cl2N4O7/c1-58-30-11-8-27(9-12-30)46-36(43(55)52(45(46)57)49-38-16-10-28(47)22-37(38)48)24-34-32(41(46)35-23-31(59-2)13-17-39(35)53)14-15-33-40(34)44(56)51(42(33)54)29-18-20-50(21-19-29)25-26-6-4-3-5-7-26/h3-14,16-17,22-23,29,33-34,36,40-41,49,53H,15,18-21,24-25H2,1-2H3. The summed E-state index contributed by atoms with van der Waals surface area (Å²) in [6.07, 6.45) is 3.70. The van der Waals surface area contributed by atoms with Crippen LogP contribution in [0.4, 0.5) is 5.69 Å². The van der Waals surface area contributed by atoms with Gasteiger partial charge in [0.25, 0.3) is 11.8 Å². The molecule has 5 aliphatic rings. The molecule has 11 nitrogen and oxygen atoms in total. The molecular weight excluding hydrogens is 791 g/mol. The van der Waals surface area contributed by atoms with Crippen molar-refractivity contribution < 1.29 is 33.8 Å². The highest BCUT2D eigenvalue weighted by Gasteiger charge is 2.71. The summed E-state index contributed by atoms with van der Waals surface area (Å²) in [6.45, 7) is 2.30. The van der Waals surface area contributed by atoms with E-state index in [-0.39, 0.29) is 41.5 Å². The number of halogens is 2. The quantitative estimate of drug-likeness (QED) is 0.131. The van der Waals surface area contributed by atoms with E-state index in [2.05, 4.69) is 22.5 Å². The molecule has 4 aromatic carbocycles. The zero-order chi connectivity index (χ0) is 41.2. The second kappa shape index (κ2) is 15.3. The number of ether oxygens (including phenoxy) is 2. The maximum absolute atomic E-state index is 15.5. The lowest BCUT2D eigenvalue weighted by Gasteiger charge is -2.50. The first-order valence-corrected chi connectivity index (χ1v) is 20.7. The Morgan fingerprint density at radius 2 is 1.53 bits per heavy atom. The number of imide groups is 2. The number of fused-ring (bicyclic) bond motifs is 4. The van der Waals surface area contributed by atoms with Crippen LogP contribution in [0.25, 0.3) is 0 Å². The van der Waals surface area contributed by atoms with Crippen molar-refractivity contribution in [3.63, 3.8) is 0 Å². The number of phenolic OH excluding ortho intramolecular Hbond substituents is 1. The van der Waals surface area contributed by atoms with Crippen LogP contribution in [0.5, 0.6) is 17.2 Å². The number of hydrazine groups is 1. The van der Waals surface area contributed by atoms with Crippen molar-refractivity contribution in [3.8, 4) is 17.2 Å². The Bertz CT molecular complexity index is 2370. The van der Waals surface area contributed by atoms with Crippen LogP contribution in [0, 0.1) is 23.7 Å². The molecule has 2 aliphatic carbocycles. The number of hydrogen-bond acceptors (Lipinski definition) is 9. The maximum atomic E-state index is 15.5. The van der Waals surface area contributed by atoms with E-state index in [1.807, 2.05) is 24.3 Å². The smallest absolute Gasteiger partial charge is 0.260 e. The Morgan fingerprint density at radius 3 is 2.22 bits per heavy atom. The van der Waals surface area contributed by atoms with Crippen molar-refractivity contribution in [2.45, 2.75) is 49.6 Å². The molecule has 2 N–H and O–H groups in total. The second-order valence-electron chi connectivity index (χ2n) is 16.2. The number of allylic oxidation sites excluding steroid dienone is 2. The molecule has 6 atom stereocenters. The summed E-state index contributed by atoms with van der Waals surface area (Å²) in [4.78, 5) is 63.8. The average molecular weight is 836 g/mol. The van der Waals surface area contributed by atoms with Crippen LogP contribution in [0.2, 0.25) is 10.0 Å². The van der Waals surface area contributed by atoms with Crippen LogP contribution in [0.15, 0.2) is 103 Å². The number of piperidine rings is 1. The summed E-state index contributed by atoms with van der Waals surface area (Å²) in [5, 5.41) is 13.4. The molecule has 9 rings (SSSR count). The Labute approximate surface area is 352 Å². The van der Waals surface area contributed by atoms with Gasteiger partial charge in [0.2, 0.25) is 11.8 Å². The lowest BCUT2D eigenvalue weighted by molar-refractivity contribution is -0.144. The summed E-state index contributed by atoms with van der Waals surface area (Å²) >= 11 is 12.8.